The minimum absolute atomic E-state index is 0.0456. The van der Waals surface area contributed by atoms with Crippen LogP contribution in [0.15, 0.2) is 0 Å². The first kappa shape index (κ1) is 11.4. The molecule has 3 atom stereocenters. The maximum Gasteiger partial charge on any atom is 0.239 e. The molecule has 2 bridgehead atoms. The smallest absolute Gasteiger partial charge is 0.239 e. The van der Waals surface area contributed by atoms with Crippen molar-refractivity contribution in [1.82, 2.24) is 10.6 Å². The highest BCUT2D eigenvalue weighted by atomic mass is 16.2. The Labute approximate surface area is 95.1 Å². The lowest BCUT2D eigenvalue weighted by Gasteiger charge is -2.22. The molecule has 2 aliphatic carbocycles. The first-order chi connectivity index (χ1) is 7.69. The zero-order chi connectivity index (χ0) is 11.5. The van der Waals surface area contributed by atoms with Crippen LogP contribution < -0.4 is 16.4 Å². The Kier molecular flexibility index (Phi) is 3.43. The summed E-state index contributed by atoms with van der Waals surface area (Å²) >= 11 is 0. The van der Waals surface area contributed by atoms with E-state index in [0.717, 1.165) is 12.3 Å². The van der Waals surface area contributed by atoms with E-state index < -0.39 is 0 Å². The second-order valence-electron chi connectivity index (χ2n) is 4.83. The topological polar surface area (TPSA) is 84.2 Å². The van der Waals surface area contributed by atoms with Gasteiger partial charge in [-0.05, 0) is 31.1 Å². The average Bonchev–Trinajstić information content (AvgIpc) is 2.87. The number of amides is 2. The minimum atomic E-state index is -0.289. The summed E-state index contributed by atoms with van der Waals surface area (Å²) in [5, 5.41) is 5.47. The van der Waals surface area contributed by atoms with Gasteiger partial charge in [0.1, 0.15) is 0 Å². The van der Waals surface area contributed by atoms with Crippen molar-refractivity contribution in [2.24, 2.45) is 17.6 Å². The molecule has 0 aromatic carbocycles. The summed E-state index contributed by atoms with van der Waals surface area (Å²) in [5.41, 5.74) is 5.13. The number of rotatable bonds is 4. The molecule has 0 aromatic rings. The van der Waals surface area contributed by atoms with Gasteiger partial charge in [-0.25, -0.2) is 0 Å². The Balaban J connectivity index is 1.69. The molecule has 2 fully saturated rings. The molecule has 3 unspecified atom stereocenters. The van der Waals surface area contributed by atoms with Crippen LogP contribution in [0.3, 0.4) is 0 Å². The Morgan fingerprint density at radius 3 is 2.56 bits per heavy atom. The average molecular weight is 225 g/mol. The first-order valence-corrected chi connectivity index (χ1v) is 5.95. The van der Waals surface area contributed by atoms with E-state index >= 15 is 0 Å². The van der Waals surface area contributed by atoms with E-state index in [1.54, 1.807) is 0 Å². The SMILES string of the molecule is NCC(=O)NCC(=O)NC1CC2CCC1C2. The van der Waals surface area contributed by atoms with Crippen molar-refractivity contribution >= 4 is 11.8 Å². The fourth-order valence-electron chi connectivity index (χ4n) is 2.93. The standard InChI is InChI=1S/C11H19N3O2/c12-5-10(15)13-6-11(16)14-9-4-7-1-2-8(9)3-7/h7-9H,1-6,12H2,(H,13,15)(H,14,16). The van der Waals surface area contributed by atoms with Gasteiger partial charge in [0.15, 0.2) is 0 Å². The molecule has 5 heteroatoms. The highest BCUT2D eigenvalue weighted by Crippen LogP contribution is 2.44. The first-order valence-electron chi connectivity index (χ1n) is 5.95. The van der Waals surface area contributed by atoms with Gasteiger partial charge in [0.2, 0.25) is 11.8 Å². The monoisotopic (exact) mass is 225 g/mol. The molecule has 2 rings (SSSR count). The molecule has 2 amide bonds. The van der Waals surface area contributed by atoms with E-state index in [9.17, 15) is 9.59 Å². The number of hydrogen-bond acceptors (Lipinski definition) is 3. The van der Waals surface area contributed by atoms with E-state index in [4.69, 9.17) is 5.73 Å². The van der Waals surface area contributed by atoms with Gasteiger partial charge in [0, 0.05) is 6.04 Å². The van der Waals surface area contributed by atoms with Crippen LogP contribution in [0.2, 0.25) is 0 Å². The number of carbonyl (C=O) groups excluding carboxylic acids is 2. The highest BCUT2D eigenvalue weighted by Gasteiger charge is 2.39. The van der Waals surface area contributed by atoms with Gasteiger partial charge in [-0.1, -0.05) is 6.42 Å². The van der Waals surface area contributed by atoms with Gasteiger partial charge in [-0.15, -0.1) is 0 Å². The Morgan fingerprint density at radius 1 is 1.19 bits per heavy atom. The summed E-state index contributed by atoms with van der Waals surface area (Å²) < 4.78 is 0. The van der Waals surface area contributed by atoms with Crippen LogP contribution in [-0.2, 0) is 9.59 Å². The Hall–Kier alpha value is -1.10. The van der Waals surface area contributed by atoms with Gasteiger partial charge < -0.3 is 16.4 Å². The maximum atomic E-state index is 11.5. The van der Waals surface area contributed by atoms with Crippen molar-refractivity contribution < 1.29 is 9.59 Å². The molecule has 2 saturated carbocycles. The number of nitrogens with one attached hydrogen (secondary N) is 2. The number of fused-ring (bicyclic) bond motifs is 2. The van der Waals surface area contributed by atoms with E-state index in [-0.39, 0.29) is 24.9 Å². The van der Waals surface area contributed by atoms with E-state index in [2.05, 4.69) is 10.6 Å². The third-order valence-electron chi connectivity index (χ3n) is 3.72. The van der Waals surface area contributed by atoms with Crippen LogP contribution >= 0.6 is 0 Å². The van der Waals surface area contributed by atoms with Gasteiger partial charge in [-0.2, -0.15) is 0 Å². The lowest BCUT2D eigenvalue weighted by atomic mass is 9.95. The van der Waals surface area contributed by atoms with Gasteiger partial charge in [0.25, 0.3) is 0 Å². The van der Waals surface area contributed by atoms with Gasteiger partial charge in [0.05, 0.1) is 13.1 Å². The second kappa shape index (κ2) is 4.82. The van der Waals surface area contributed by atoms with Crippen LogP contribution in [0.1, 0.15) is 25.7 Å². The van der Waals surface area contributed by atoms with Crippen LogP contribution in [0.25, 0.3) is 0 Å². The molecular formula is C11H19N3O2. The Morgan fingerprint density at radius 2 is 2.00 bits per heavy atom. The maximum absolute atomic E-state index is 11.5. The van der Waals surface area contributed by atoms with E-state index in [0.29, 0.717) is 12.0 Å². The van der Waals surface area contributed by atoms with E-state index in [1.807, 2.05) is 0 Å². The summed E-state index contributed by atoms with van der Waals surface area (Å²) in [6.45, 7) is -0.0225. The van der Waals surface area contributed by atoms with Crippen LogP contribution in [0.5, 0.6) is 0 Å². The van der Waals surface area contributed by atoms with Crippen molar-refractivity contribution in [3.05, 3.63) is 0 Å². The normalized spacial score (nSPS) is 31.4. The summed E-state index contributed by atoms with van der Waals surface area (Å²) in [6, 6.07) is 0.334. The lowest BCUT2D eigenvalue weighted by molar-refractivity contribution is -0.125. The lowest BCUT2D eigenvalue weighted by Crippen LogP contribution is -2.45. The molecule has 90 valence electrons. The molecule has 16 heavy (non-hydrogen) atoms. The van der Waals surface area contributed by atoms with Crippen LogP contribution in [-0.4, -0.2) is 30.9 Å². The van der Waals surface area contributed by atoms with Crippen molar-refractivity contribution in [3.8, 4) is 0 Å². The fourth-order valence-corrected chi connectivity index (χ4v) is 2.93. The highest BCUT2D eigenvalue weighted by molar-refractivity contribution is 5.85. The minimum Gasteiger partial charge on any atom is -0.352 e. The van der Waals surface area contributed by atoms with Crippen molar-refractivity contribution in [2.75, 3.05) is 13.1 Å². The van der Waals surface area contributed by atoms with Crippen LogP contribution in [0, 0.1) is 11.8 Å². The molecule has 0 radical (unpaired) electrons. The van der Waals surface area contributed by atoms with Gasteiger partial charge in [-0.3, -0.25) is 9.59 Å². The van der Waals surface area contributed by atoms with Crippen molar-refractivity contribution in [1.29, 1.82) is 0 Å². The number of hydrogen-bond donors (Lipinski definition) is 3. The fraction of sp³-hybridized carbons (Fsp3) is 0.818. The third-order valence-corrected chi connectivity index (χ3v) is 3.72. The summed E-state index contributed by atoms with van der Waals surface area (Å²) in [5.74, 6) is 1.09. The second-order valence-corrected chi connectivity index (χ2v) is 4.83. The Bertz CT molecular complexity index is 293. The largest absolute Gasteiger partial charge is 0.352 e. The van der Waals surface area contributed by atoms with E-state index in [1.165, 1.54) is 19.3 Å². The molecule has 0 saturated heterocycles. The van der Waals surface area contributed by atoms with Gasteiger partial charge >= 0.3 is 0 Å². The zero-order valence-corrected chi connectivity index (χ0v) is 9.37. The number of nitrogens with two attached hydrogens (primary N) is 1. The molecule has 4 N–H and O–H groups in total. The predicted octanol–water partition coefficient (Wildman–Crippen LogP) is -0.634. The predicted molar refractivity (Wildman–Crippen MR) is 59.4 cm³/mol. The van der Waals surface area contributed by atoms with Crippen LogP contribution in [0.4, 0.5) is 0 Å². The summed E-state index contributed by atoms with van der Waals surface area (Å²) in [7, 11) is 0. The number of carbonyl (C=O) groups is 2. The molecule has 0 heterocycles. The summed E-state index contributed by atoms with van der Waals surface area (Å²) in [6.07, 6.45) is 4.94. The molecule has 0 aliphatic heterocycles. The quantitative estimate of drug-likeness (QED) is 0.595. The molecule has 5 nitrogen and oxygen atoms in total. The molecule has 2 aliphatic rings. The van der Waals surface area contributed by atoms with Crippen molar-refractivity contribution in [3.63, 3.8) is 0 Å². The molecule has 0 spiro atoms. The molecular weight excluding hydrogens is 206 g/mol. The third kappa shape index (κ3) is 2.52. The zero-order valence-electron chi connectivity index (χ0n) is 9.37. The molecule has 0 aromatic heterocycles. The summed E-state index contributed by atoms with van der Waals surface area (Å²) in [4.78, 5) is 22.4. The van der Waals surface area contributed by atoms with Crippen molar-refractivity contribution in [2.45, 2.75) is 31.7 Å².